The Morgan fingerprint density at radius 2 is 2.20 bits per heavy atom. The van der Waals surface area contributed by atoms with E-state index in [4.69, 9.17) is 11.6 Å². The molecular formula is C16H21ClN2O. The van der Waals surface area contributed by atoms with Gasteiger partial charge >= 0.3 is 0 Å². The van der Waals surface area contributed by atoms with Crippen LogP contribution in [0.4, 0.5) is 0 Å². The van der Waals surface area contributed by atoms with Gasteiger partial charge in [-0.15, -0.1) is 0 Å². The van der Waals surface area contributed by atoms with Gasteiger partial charge in [-0.2, -0.15) is 0 Å². The molecule has 1 saturated heterocycles. The SMILES string of the molecule is Cc1c(CN2CCC[C@H](O)CC2)[nH]c2ccc(Cl)cc12. The predicted molar refractivity (Wildman–Crippen MR) is 83.2 cm³/mol. The Hall–Kier alpha value is -1.03. The van der Waals surface area contributed by atoms with Crippen LogP contribution in [0.3, 0.4) is 0 Å². The summed E-state index contributed by atoms with van der Waals surface area (Å²) in [6.45, 7) is 5.10. The third kappa shape index (κ3) is 2.85. The fourth-order valence-electron chi connectivity index (χ4n) is 3.03. The molecule has 1 aromatic carbocycles. The maximum absolute atomic E-state index is 9.72. The van der Waals surface area contributed by atoms with Crippen LogP contribution in [0.5, 0.6) is 0 Å². The highest BCUT2D eigenvalue weighted by molar-refractivity contribution is 6.31. The second kappa shape index (κ2) is 5.76. The second-order valence-electron chi connectivity index (χ2n) is 5.78. The zero-order valence-corrected chi connectivity index (χ0v) is 12.6. The van der Waals surface area contributed by atoms with Gasteiger partial charge < -0.3 is 10.1 Å². The van der Waals surface area contributed by atoms with Crippen molar-refractivity contribution < 1.29 is 5.11 Å². The molecule has 1 aliphatic heterocycles. The molecule has 0 saturated carbocycles. The highest BCUT2D eigenvalue weighted by atomic mass is 35.5. The third-order valence-electron chi connectivity index (χ3n) is 4.30. The molecule has 2 N–H and O–H groups in total. The molecule has 108 valence electrons. The van der Waals surface area contributed by atoms with Gasteiger partial charge in [-0.3, -0.25) is 4.90 Å². The van der Waals surface area contributed by atoms with Gasteiger partial charge in [0, 0.05) is 34.7 Å². The number of aryl methyl sites for hydroxylation is 1. The second-order valence-corrected chi connectivity index (χ2v) is 6.22. The van der Waals surface area contributed by atoms with Crippen molar-refractivity contribution in [3.8, 4) is 0 Å². The Morgan fingerprint density at radius 1 is 1.35 bits per heavy atom. The van der Waals surface area contributed by atoms with E-state index in [-0.39, 0.29) is 6.10 Å². The molecule has 4 heteroatoms. The first kappa shape index (κ1) is 13.9. The van der Waals surface area contributed by atoms with E-state index < -0.39 is 0 Å². The normalized spacial score (nSPS) is 21.2. The minimum Gasteiger partial charge on any atom is -0.393 e. The van der Waals surface area contributed by atoms with E-state index >= 15 is 0 Å². The van der Waals surface area contributed by atoms with Crippen LogP contribution in [0.1, 0.15) is 30.5 Å². The smallest absolute Gasteiger partial charge is 0.0553 e. The first-order valence-corrected chi connectivity index (χ1v) is 7.68. The Bertz CT molecular complexity index is 608. The number of aromatic nitrogens is 1. The lowest BCUT2D eigenvalue weighted by Gasteiger charge is -2.19. The van der Waals surface area contributed by atoms with Crippen molar-refractivity contribution in [2.75, 3.05) is 13.1 Å². The van der Waals surface area contributed by atoms with E-state index in [1.807, 2.05) is 18.2 Å². The van der Waals surface area contributed by atoms with Crippen LogP contribution in [0.15, 0.2) is 18.2 Å². The van der Waals surface area contributed by atoms with Crippen LogP contribution >= 0.6 is 11.6 Å². The molecule has 2 aromatic rings. The lowest BCUT2D eigenvalue weighted by Crippen LogP contribution is -2.25. The molecule has 1 aliphatic rings. The molecule has 3 nitrogen and oxygen atoms in total. The van der Waals surface area contributed by atoms with E-state index in [2.05, 4.69) is 16.8 Å². The van der Waals surface area contributed by atoms with Gasteiger partial charge in [0.15, 0.2) is 0 Å². The highest BCUT2D eigenvalue weighted by Crippen LogP contribution is 2.26. The van der Waals surface area contributed by atoms with Gasteiger partial charge in [-0.1, -0.05) is 11.6 Å². The van der Waals surface area contributed by atoms with Crippen molar-refractivity contribution in [3.05, 3.63) is 34.5 Å². The molecule has 1 aromatic heterocycles. The van der Waals surface area contributed by atoms with Crippen molar-refractivity contribution in [1.29, 1.82) is 0 Å². The number of aliphatic hydroxyl groups excluding tert-OH is 1. The number of H-pyrrole nitrogens is 1. The number of benzene rings is 1. The first-order chi connectivity index (χ1) is 9.63. The molecule has 2 heterocycles. The van der Waals surface area contributed by atoms with Gasteiger partial charge in [-0.25, -0.2) is 0 Å². The molecule has 1 atom stereocenters. The van der Waals surface area contributed by atoms with Crippen LogP contribution in [0.25, 0.3) is 10.9 Å². The summed E-state index contributed by atoms with van der Waals surface area (Å²) in [6, 6.07) is 5.99. The van der Waals surface area contributed by atoms with E-state index in [9.17, 15) is 5.11 Å². The Kier molecular flexibility index (Phi) is 4.01. The van der Waals surface area contributed by atoms with Crippen molar-refractivity contribution in [3.63, 3.8) is 0 Å². The molecule has 1 fully saturated rings. The summed E-state index contributed by atoms with van der Waals surface area (Å²) in [7, 11) is 0. The van der Waals surface area contributed by atoms with Gasteiger partial charge in [-0.05, 0) is 56.5 Å². The zero-order chi connectivity index (χ0) is 14.1. The maximum atomic E-state index is 9.72. The maximum Gasteiger partial charge on any atom is 0.0553 e. The number of likely N-dealkylation sites (tertiary alicyclic amines) is 1. The van der Waals surface area contributed by atoms with Gasteiger partial charge in [0.1, 0.15) is 0 Å². The number of rotatable bonds is 2. The average molecular weight is 293 g/mol. The van der Waals surface area contributed by atoms with Gasteiger partial charge in [0.2, 0.25) is 0 Å². The third-order valence-corrected chi connectivity index (χ3v) is 4.53. The molecule has 0 radical (unpaired) electrons. The fraction of sp³-hybridized carbons (Fsp3) is 0.500. The Labute approximate surface area is 124 Å². The van der Waals surface area contributed by atoms with Crippen LogP contribution in [0, 0.1) is 6.92 Å². The van der Waals surface area contributed by atoms with Crippen LogP contribution in [0.2, 0.25) is 5.02 Å². The predicted octanol–water partition coefficient (Wildman–Crippen LogP) is 3.48. The lowest BCUT2D eigenvalue weighted by molar-refractivity contribution is 0.154. The van der Waals surface area contributed by atoms with Crippen molar-refractivity contribution in [2.24, 2.45) is 0 Å². The number of aromatic amines is 1. The standard InChI is InChI=1S/C16H21ClN2O/c1-11-14-9-12(17)4-5-15(14)18-16(11)10-19-7-2-3-13(20)6-8-19/h4-5,9,13,18,20H,2-3,6-8,10H2,1H3/t13-/m0/s1. The van der Waals surface area contributed by atoms with E-state index in [1.54, 1.807) is 0 Å². The largest absolute Gasteiger partial charge is 0.393 e. The number of hydrogen-bond donors (Lipinski definition) is 2. The Morgan fingerprint density at radius 3 is 3.05 bits per heavy atom. The Balaban J connectivity index is 1.82. The monoisotopic (exact) mass is 292 g/mol. The molecule has 0 amide bonds. The molecule has 0 unspecified atom stereocenters. The van der Waals surface area contributed by atoms with E-state index in [0.29, 0.717) is 0 Å². The minimum absolute atomic E-state index is 0.123. The van der Waals surface area contributed by atoms with Gasteiger partial charge in [0.05, 0.1) is 6.10 Å². The first-order valence-electron chi connectivity index (χ1n) is 7.30. The van der Waals surface area contributed by atoms with E-state index in [0.717, 1.165) is 49.4 Å². The number of nitrogens with zero attached hydrogens (tertiary/aromatic N) is 1. The summed E-state index contributed by atoms with van der Waals surface area (Å²) >= 11 is 6.08. The van der Waals surface area contributed by atoms with Crippen molar-refractivity contribution >= 4 is 22.5 Å². The number of halogens is 1. The average Bonchev–Trinajstić information content (AvgIpc) is 2.60. The molecule has 3 rings (SSSR count). The van der Waals surface area contributed by atoms with Crippen molar-refractivity contribution in [1.82, 2.24) is 9.88 Å². The topological polar surface area (TPSA) is 39.3 Å². The summed E-state index contributed by atoms with van der Waals surface area (Å²) in [5.74, 6) is 0. The molecule has 20 heavy (non-hydrogen) atoms. The van der Waals surface area contributed by atoms with Crippen LogP contribution < -0.4 is 0 Å². The minimum atomic E-state index is -0.123. The van der Waals surface area contributed by atoms with Crippen LogP contribution in [-0.4, -0.2) is 34.2 Å². The van der Waals surface area contributed by atoms with Crippen molar-refractivity contribution in [2.45, 2.75) is 38.8 Å². The highest BCUT2D eigenvalue weighted by Gasteiger charge is 2.17. The van der Waals surface area contributed by atoms with Crippen LogP contribution in [-0.2, 0) is 6.54 Å². The van der Waals surface area contributed by atoms with E-state index in [1.165, 1.54) is 16.6 Å². The summed E-state index contributed by atoms with van der Waals surface area (Å²) in [5, 5.41) is 11.7. The molecule has 0 spiro atoms. The number of aliphatic hydroxyl groups is 1. The fourth-order valence-corrected chi connectivity index (χ4v) is 3.20. The molecule has 0 bridgehead atoms. The lowest BCUT2D eigenvalue weighted by atomic mass is 10.1. The molecule has 0 aliphatic carbocycles. The summed E-state index contributed by atoms with van der Waals surface area (Å²) in [5.41, 5.74) is 3.70. The molecular weight excluding hydrogens is 272 g/mol. The number of fused-ring (bicyclic) bond motifs is 1. The van der Waals surface area contributed by atoms with Gasteiger partial charge in [0.25, 0.3) is 0 Å². The number of hydrogen-bond acceptors (Lipinski definition) is 2. The summed E-state index contributed by atoms with van der Waals surface area (Å²) in [4.78, 5) is 5.93. The quantitative estimate of drug-likeness (QED) is 0.889. The summed E-state index contributed by atoms with van der Waals surface area (Å²) < 4.78 is 0. The zero-order valence-electron chi connectivity index (χ0n) is 11.8. The number of nitrogens with one attached hydrogen (secondary N) is 1. The summed E-state index contributed by atoms with van der Waals surface area (Å²) in [6.07, 6.45) is 2.76.